The molecule has 1 fully saturated rings. The number of H-pyrrole nitrogens is 1. The first kappa shape index (κ1) is 14.6. The number of nitrogens with zero attached hydrogens (tertiary/aromatic N) is 1. The van der Waals surface area contributed by atoms with Crippen LogP contribution in [-0.2, 0) is 0 Å². The predicted molar refractivity (Wildman–Crippen MR) is 73.6 cm³/mol. The molecule has 2 unspecified atom stereocenters. The van der Waals surface area contributed by atoms with Crippen LogP contribution < -0.4 is 5.32 Å². The molecule has 2 atom stereocenters. The Balaban J connectivity index is 1.80. The molecule has 1 aliphatic rings. The minimum absolute atomic E-state index is 0.0467. The van der Waals surface area contributed by atoms with E-state index in [1.54, 1.807) is 0 Å². The molecule has 0 spiro atoms. The van der Waals surface area contributed by atoms with Gasteiger partial charge in [0.25, 0.3) is 5.91 Å². The van der Waals surface area contributed by atoms with Crippen molar-refractivity contribution in [2.24, 2.45) is 11.8 Å². The molecular weight excluding hydrogens is 258 g/mol. The number of hydrogen-bond donors (Lipinski definition) is 3. The number of imidazole rings is 1. The number of aromatic nitrogens is 2. The van der Waals surface area contributed by atoms with E-state index >= 15 is 0 Å². The van der Waals surface area contributed by atoms with Gasteiger partial charge in [-0.1, -0.05) is 26.2 Å². The number of nitrogens with one attached hydrogen (secondary N) is 2. The maximum absolute atomic E-state index is 11.9. The molecule has 1 aliphatic carbocycles. The van der Waals surface area contributed by atoms with E-state index < -0.39 is 11.9 Å². The summed E-state index contributed by atoms with van der Waals surface area (Å²) < 4.78 is 0. The summed E-state index contributed by atoms with van der Waals surface area (Å²) in [5, 5.41) is 11.7. The molecule has 1 amide bonds. The Hall–Kier alpha value is -1.85. The summed E-state index contributed by atoms with van der Waals surface area (Å²) in [4.78, 5) is 29.0. The van der Waals surface area contributed by atoms with Crippen molar-refractivity contribution in [2.45, 2.75) is 39.0 Å². The van der Waals surface area contributed by atoms with Crippen LogP contribution in [0.25, 0.3) is 0 Å². The van der Waals surface area contributed by atoms with Crippen LogP contribution in [0.1, 0.15) is 60.0 Å². The van der Waals surface area contributed by atoms with E-state index in [0.717, 1.165) is 12.3 Å². The predicted octanol–water partition coefficient (Wildman–Crippen LogP) is 2.05. The van der Waals surface area contributed by atoms with Crippen molar-refractivity contribution in [3.05, 3.63) is 17.7 Å². The van der Waals surface area contributed by atoms with E-state index in [2.05, 4.69) is 22.2 Å². The van der Waals surface area contributed by atoms with Gasteiger partial charge in [-0.15, -0.1) is 0 Å². The zero-order valence-electron chi connectivity index (χ0n) is 11.7. The summed E-state index contributed by atoms with van der Waals surface area (Å²) in [7, 11) is 0. The van der Waals surface area contributed by atoms with Gasteiger partial charge in [0.2, 0.25) is 0 Å². The largest absolute Gasteiger partial charge is 0.477 e. The lowest BCUT2D eigenvalue weighted by molar-refractivity contribution is 0.0685. The maximum Gasteiger partial charge on any atom is 0.354 e. The fourth-order valence-corrected chi connectivity index (χ4v) is 2.92. The quantitative estimate of drug-likeness (QED) is 0.768. The number of amides is 1. The van der Waals surface area contributed by atoms with Crippen molar-refractivity contribution in [3.63, 3.8) is 0 Å². The third kappa shape index (κ3) is 3.59. The monoisotopic (exact) mass is 279 g/mol. The van der Waals surface area contributed by atoms with E-state index in [0.29, 0.717) is 12.5 Å². The highest BCUT2D eigenvalue weighted by atomic mass is 16.4. The minimum atomic E-state index is -1.17. The molecule has 6 heteroatoms. The highest BCUT2D eigenvalue weighted by Crippen LogP contribution is 2.30. The molecule has 1 aromatic heterocycles. The average molecular weight is 279 g/mol. The second-order valence-electron chi connectivity index (χ2n) is 5.61. The van der Waals surface area contributed by atoms with Gasteiger partial charge in [-0.25, -0.2) is 9.78 Å². The highest BCUT2D eigenvalue weighted by molar-refractivity contribution is 6.02. The van der Waals surface area contributed by atoms with Crippen molar-refractivity contribution in [3.8, 4) is 0 Å². The Morgan fingerprint density at radius 1 is 1.50 bits per heavy atom. The number of hydrogen-bond acceptors (Lipinski definition) is 3. The standard InChI is InChI=1S/C14H21N3O3/c1-9-3-2-4-10(7-9)5-6-15-13(18)11-12(14(19)20)17-8-16-11/h8-10H,2-7H2,1H3,(H,15,18)(H,16,17)(H,19,20). The number of rotatable bonds is 5. The molecule has 1 aromatic rings. The van der Waals surface area contributed by atoms with E-state index in [1.165, 1.54) is 32.0 Å². The molecule has 1 saturated carbocycles. The SMILES string of the molecule is CC1CCCC(CCNC(=O)c2nc[nH]c2C(=O)O)C1. The molecule has 0 bridgehead atoms. The number of carboxylic acids is 1. The number of carbonyl (C=O) groups excluding carboxylic acids is 1. The van der Waals surface area contributed by atoms with Gasteiger partial charge in [0.1, 0.15) is 0 Å². The molecule has 0 aliphatic heterocycles. The molecular formula is C14H21N3O3. The van der Waals surface area contributed by atoms with Crippen LogP contribution >= 0.6 is 0 Å². The van der Waals surface area contributed by atoms with Crippen LogP contribution in [0.4, 0.5) is 0 Å². The number of aromatic carboxylic acids is 1. The molecule has 20 heavy (non-hydrogen) atoms. The van der Waals surface area contributed by atoms with Crippen molar-refractivity contribution in [2.75, 3.05) is 6.54 Å². The zero-order valence-corrected chi connectivity index (χ0v) is 11.7. The van der Waals surface area contributed by atoms with Gasteiger partial charge in [-0.3, -0.25) is 4.79 Å². The lowest BCUT2D eigenvalue weighted by atomic mass is 9.81. The van der Waals surface area contributed by atoms with E-state index in [4.69, 9.17) is 5.11 Å². The molecule has 110 valence electrons. The first-order chi connectivity index (χ1) is 9.58. The number of carbonyl (C=O) groups is 2. The maximum atomic E-state index is 11.9. The highest BCUT2D eigenvalue weighted by Gasteiger charge is 2.21. The van der Waals surface area contributed by atoms with Gasteiger partial charge >= 0.3 is 5.97 Å². The first-order valence-corrected chi connectivity index (χ1v) is 7.12. The van der Waals surface area contributed by atoms with Crippen molar-refractivity contribution >= 4 is 11.9 Å². The van der Waals surface area contributed by atoms with Gasteiger partial charge < -0.3 is 15.4 Å². The van der Waals surface area contributed by atoms with Gasteiger partial charge in [0, 0.05) is 6.54 Å². The smallest absolute Gasteiger partial charge is 0.354 e. The van der Waals surface area contributed by atoms with Crippen LogP contribution in [0.2, 0.25) is 0 Å². The Kier molecular flexibility index (Phi) is 4.76. The van der Waals surface area contributed by atoms with E-state index in [-0.39, 0.29) is 11.4 Å². The fourth-order valence-electron chi connectivity index (χ4n) is 2.92. The van der Waals surface area contributed by atoms with Crippen LogP contribution in [0.3, 0.4) is 0 Å². The van der Waals surface area contributed by atoms with Crippen LogP contribution in [-0.4, -0.2) is 33.5 Å². The molecule has 1 heterocycles. The Morgan fingerprint density at radius 3 is 3.00 bits per heavy atom. The molecule has 6 nitrogen and oxygen atoms in total. The molecule has 0 radical (unpaired) electrons. The second-order valence-corrected chi connectivity index (χ2v) is 5.61. The summed E-state index contributed by atoms with van der Waals surface area (Å²) in [6.07, 6.45) is 7.19. The lowest BCUT2D eigenvalue weighted by Crippen LogP contribution is -2.28. The van der Waals surface area contributed by atoms with Crippen molar-refractivity contribution in [1.29, 1.82) is 0 Å². The number of aromatic amines is 1. The average Bonchev–Trinajstić information content (AvgIpc) is 2.88. The third-order valence-electron chi connectivity index (χ3n) is 3.95. The van der Waals surface area contributed by atoms with Gasteiger partial charge in [0.05, 0.1) is 6.33 Å². The summed E-state index contributed by atoms with van der Waals surface area (Å²) in [5.41, 5.74) is -0.205. The summed E-state index contributed by atoms with van der Waals surface area (Å²) in [6, 6.07) is 0. The van der Waals surface area contributed by atoms with Crippen LogP contribution in [0.5, 0.6) is 0 Å². The molecule has 0 saturated heterocycles. The lowest BCUT2D eigenvalue weighted by Gasteiger charge is -2.26. The normalized spacial score (nSPS) is 22.4. The van der Waals surface area contributed by atoms with Crippen molar-refractivity contribution in [1.82, 2.24) is 15.3 Å². The van der Waals surface area contributed by atoms with Gasteiger partial charge in [-0.2, -0.15) is 0 Å². The first-order valence-electron chi connectivity index (χ1n) is 7.12. The third-order valence-corrected chi connectivity index (χ3v) is 3.95. The van der Waals surface area contributed by atoms with Gasteiger partial charge in [-0.05, 0) is 24.7 Å². The van der Waals surface area contributed by atoms with Crippen molar-refractivity contribution < 1.29 is 14.7 Å². The van der Waals surface area contributed by atoms with E-state index in [9.17, 15) is 9.59 Å². The summed E-state index contributed by atoms with van der Waals surface area (Å²) >= 11 is 0. The number of carboxylic acid groups (broad SMARTS) is 1. The van der Waals surface area contributed by atoms with Crippen LogP contribution in [0.15, 0.2) is 6.33 Å². The molecule has 2 rings (SSSR count). The Labute approximate surface area is 118 Å². The second kappa shape index (κ2) is 6.54. The molecule has 3 N–H and O–H groups in total. The zero-order chi connectivity index (χ0) is 14.5. The molecule has 0 aromatic carbocycles. The Bertz CT molecular complexity index is 484. The van der Waals surface area contributed by atoms with Crippen LogP contribution in [0, 0.1) is 11.8 Å². The topological polar surface area (TPSA) is 95.1 Å². The minimum Gasteiger partial charge on any atom is -0.477 e. The fraction of sp³-hybridized carbons (Fsp3) is 0.643. The summed E-state index contributed by atoms with van der Waals surface area (Å²) in [5.74, 6) is -0.159. The summed E-state index contributed by atoms with van der Waals surface area (Å²) in [6.45, 7) is 2.84. The van der Waals surface area contributed by atoms with E-state index in [1.807, 2.05) is 0 Å². The van der Waals surface area contributed by atoms with Gasteiger partial charge in [0.15, 0.2) is 11.4 Å². The Morgan fingerprint density at radius 2 is 2.30 bits per heavy atom.